The number of rotatable bonds is 6. The molecule has 0 aromatic heterocycles. The number of ether oxygens (including phenoxy) is 2. The first-order chi connectivity index (χ1) is 9.66. The summed E-state index contributed by atoms with van der Waals surface area (Å²) < 4.78 is 23.7. The highest BCUT2D eigenvalue weighted by molar-refractivity contribution is 7.80. The molecule has 104 valence electrons. The van der Waals surface area contributed by atoms with E-state index in [2.05, 4.69) is 0 Å². The molecule has 3 nitrogen and oxygen atoms in total. The monoisotopic (exact) mass is 291 g/mol. The lowest BCUT2D eigenvalue weighted by atomic mass is 10.2. The molecular formula is C15H14FNO2S. The molecule has 0 spiro atoms. The van der Waals surface area contributed by atoms with Crippen molar-refractivity contribution in [1.29, 1.82) is 0 Å². The molecular weight excluding hydrogens is 277 g/mol. The van der Waals surface area contributed by atoms with Crippen LogP contribution in [0.2, 0.25) is 0 Å². The maximum atomic E-state index is 12.7. The van der Waals surface area contributed by atoms with Gasteiger partial charge in [-0.05, 0) is 36.4 Å². The summed E-state index contributed by atoms with van der Waals surface area (Å²) in [7, 11) is 0. The average Bonchev–Trinajstić information content (AvgIpc) is 2.46. The zero-order chi connectivity index (χ0) is 14.4. The van der Waals surface area contributed by atoms with Crippen molar-refractivity contribution >= 4 is 17.2 Å². The molecule has 0 aliphatic heterocycles. The summed E-state index contributed by atoms with van der Waals surface area (Å²) in [6, 6.07) is 13.1. The van der Waals surface area contributed by atoms with E-state index in [1.54, 1.807) is 24.3 Å². The predicted octanol–water partition coefficient (Wildman–Crippen LogP) is 2.92. The largest absolute Gasteiger partial charge is 0.490 e. The Kier molecular flexibility index (Phi) is 4.90. The Balaban J connectivity index is 1.84. The molecule has 5 heteroatoms. The molecule has 0 bridgehead atoms. The van der Waals surface area contributed by atoms with Gasteiger partial charge in [-0.15, -0.1) is 0 Å². The van der Waals surface area contributed by atoms with Crippen LogP contribution in [0.5, 0.6) is 11.5 Å². The van der Waals surface area contributed by atoms with Gasteiger partial charge in [0, 0.05) is 0 Å². The molecule has 0 saturated heterocycles. The van der Waals surface area contributed by atoms with Crippen molar-refractivity contribution in [2.75, 3.05) is 13.2 Å². The Labute approximate surface area is 122 Å². The highest BCUT2D eigenvalue weighted by atomic mass is 32.1. The van der Waals surface area contributed by atoms with Gasteiger partial charge < -0.3 is 15.2 Å². The van der Waals surface area contributed by atoms with Crippen LogP contribution < -0.4 is 15.2 Å². The van der Waals surface area contributed by atoms with E-state index in [0.29, 0.717) is 35.3 Å². The normalized spacial score (nSPS) is 10.1. The molecule has 2 aromatic rings. The van der Waals surface area contributed by atoms with Crippen molar-refractivity contribution in [3.63, 3.8) is 0 Å². The summed E-state index contributed by atoms with van der Waals surface area (Å²) in [5.74, 6) is 0.930. The molecule has 0 saturated carbocycles. The Morgan fingerprint density at radius 2 is 1.65 bits per heavy atom. The maximum absolute atomic E-state index is 12.7. The van der Waals surface area contributed by atoms with Crippen LogP contribution in [0.25, 0.3) is 0 Å². The molecule has 0 fully saturated rings. The predicted molar refractivity (Wildman–Crippen MR) is 79.7 cm³/mol. The Morgan fingerprint density at radius 1 is 1.00 bits per heavy atom. The van der Waals surface area contributed by atoms with Crippen molar-refractivity contribution in [2.45, 2.75) is 0 Å². The van der Waals surface area contributed by atoms with Gasteiger partial charge in [0.25, 0.3) is 0 Å². The summed E-state index contributed by atoms with van der Waals surface area (Å²) in [4.78, 5) is 0.292. The third kappa shape index (κ3) is 3.93. The number of para-hydroxylation sites is 1. The Hall–Kier alpha value is -2.14. The van der Waals surface area contributed by atoms with Gasteiger partial charge in [0.15, 0.2) is 0 Å². The van der Waals surface area contributed by atoms with E-state index in [1.165, 1.54) is 12.1 Å². The van der Waals surface area contributed by atoms with Crippen LogP contribution in [0.4, 0.5) is 4.39 Å². The first-order valence-corrected chi connectivity index (χ1v) is 6.47. The van der Waals surface area contributed by atoms with Crippen LogP contribution in [0.1, 0.15) is 5.56 Å². The summed E-state index contributed by atoms with van der Waals surface area (Å²) in [5, 5.41) is 0. The van der Waals surface area contributed by atoms with Gasteiger partial charge in [-0.1, -0.05) is 24.4 Å². The third-order valence-corrected chi connectivity index (χ3v) is 2.80. The molecule has 0 radical (unpaired) electrons. The van der Waals surface area contributed by atoms with E-state index < -0.39 is 0 Å². The number of hydrogen-bond acceptors (Lipinski definition) is 3. The minimum Gasteiger partial charge on any atom is -0.490 e. The van der Waals surface area contributed by atoms with Crippen LogP contribution in [0.3, 0.4) is 0 Å². The van der Waals surface area contributed by atoms with Gasteiger partial charge in [0.05, 0.1) is 5.56 Å². The molecule has 2 N–H and O–H groups in total. The lowest BCUT2D eigenvalue weighted by Gasteiger charge is -2.11. The highest BCUT2D eigenvalue weighted by Gasteiger charge is 2.05. The fourth-order valence-electron chi connectivity index (χ4n) is 1.64. The van der Waals surface area contributed by atoms with E-state index in [1.807, 2.05) is 12.1 Å². The van der Waals surface area contributed by atoms with Gasteiger partial charge in [-0.2, -0.15) is 0 Å². The molecule has 0 aliphatic rings. The molecule has 0 aliphatic carbocycles. The van der Waals surface area contributed by atoms with Crippen LogP contribution >= 0.6 is 12.2 Å². The standard InChI is InChI=1S/C15H14FNO2S/c16-11-5-7-12(8-6-11)18-9-10-19-14-4-2-1-3-13(14)15(17)20/h1-8H,9-10H2,(H2,17,20). The number of nitrogens with two attached hydrogens (primary N) is 1. The fraction of sp³-hybridized carbons (Fsp3) is 0.133. The second-order valence-corrected chi connectivity index (χ2v) is 4.45. The smallest absolute Gasteiger partial charge is 0.129 e. The Bertz CT molecular complexity index is 587. The summed E-state index contributed by atoms with van der Waals surface area (Å²) in [6.45, 7) is 0.689. The van der Waals surface area contributed by atoms with E-state index in [4.69, 9.17) is 27.4 Å². The van der Waals surface area contributed by atoms with Gasteiger partial charge >= 0.3 is 0 Å². The van der Waals surface area contributed by atoms with Gasteiger partial charge in [0.2, 0.25) is 0 Å². The molecule has 0 amide bonds. The summed E-state index contributed by atoms with van der Waals surface area (Å²) >= 11 is 4.95. The lowest BCUT2D eigenvalue weighted by Crippen LogP contribution is -2.14. The third-order valence-electron chi connectivity index (χ3n) is 2.58. The number of hydrogen-bond donors (Lipinski definition) is 1. The summed E-state index contributed by atoms with van der Waals surface area (Å²) in [5.41, 5.74) is 6.31. The molecule has 2 aromatic carbocycles. The summed E-state index contributed by atoms with van der Waals surface area (Å²) in [6.07, 6.45) is 0. The van der Waals surface area contributed by atoms with Crippen LogP contribution in [-0.4, -0.2) is 18.2 Å². The number of halogens is 1. The molecule has 2 rings (SSSR count). The maximum Gasteiger partial charge on any atom is 0.129 e. The van der Waals surface area contributed by atoms with E-state index in [0.717, 1.165) is 0 Å². The SMILES string of the molecule is NC(=S)c1ccccc1OCCOc1ccc(F)cc1. The van der Waals surface area contributed by atoms with Gasteiger partial charge in [0.1, 0.15) is 35.5 Å². The minimum atomic E-state index is -0.293. The van der Waals surface area contributed by atoms with Crippen molar-refractivity contribution in [2.24, 2.45) is 5.73 Å². The molecule has 0 unspecified atom stereocenters. The zero-order valence-electron chi connectivity index (χ0n) is 10.7. The quantitative estimate of drug-likeness (QED) is 0.656. The van der Waals surface area contributed by atoms with E-state index >= 15 is 0 Å². The highest BCUT2D eigenvalue weighted by Crippen LogP contribution is 2.17. The zero-order valence-corrected chi connectivity index (χ0v) is 11.5. The van der Waals surface area contributed by atoms with E-state index in [9.17, 15) is 4.39 Å². The Morgan fingerprint density at radius 3 is 2.35 bits per heavy atom. The van der Waals surface area contributed by atoms with Crippen LogP contribution in [0.15, 0.2) is 48.5 Å². The lowest BCUT2D eigenvalue weighted by molar-refractivity contribution is 0.217. The van der Waals surface area contributed by atoms with Gasteiger partial charge in [-0.3, -0.25) is 0 Å². The molecule has 20 heavy (non-hydrogen) atoms. The van der Waals surface area contributed by atoms with Crippen molar-refractivity contribution in [3.8, 4) is 11.5 Å². The first kappa shape index (κ1) is 14.3. The van der Waals surface area contributed by atoms with E-state index in [-0.39, 0.29) is 5.82 Å². The van der Waals surface area contributed by atoms with Crippen LogP contribution in [0, 0.1) is 5.82 Å². The van der Waals surface area contributed by atoms with Crippen molar-refractivity contribution in [3.05, 3.63) is 59.9 Å². The number of benzene rings is 2. The van der Waals surface area contributed by atoms with Crippen molar-refractivity contribution in [1.82, 2.24) is 0 Å². The van der Waals surface area contributed by atoms with Gasteiger partial charge in [-0.25, -0.2) is 4.39 Å². The second-order valence-electron chi connectivity index (χ2n) is 4.01. The minimum absolute atomic E-state index is 0.292. The topological polar surface area (TPSA) is 44.5 Å². The molecule has 0 heterocycles. The number of thiocarbonyl (C=S) groups is 1. The molecule has 0 atom stereocenters. The second kappa shape index (κ2) is 6.86. The fourth-order valence-corrected chi connectivity index (χ4v) is 1.81. The first-order valence-electron chi connectivity index (χ1n) is 6.07. The average molecular weight is 291 g/mol. The van der Waals surface area contributed by atoms with Crippen LogP contribution in [-0.2, 0) is 0 Å². The van der Waals surface area contributed by atoms with Crippen molar-refractivity contribution < 1.29 is 13.9 Å².